The molecule has 1 aliphatic heterocycles. The molecule has 7 heteroatoms. The van der Waals surface area contributed by atoms with Crippen LogP contribution in [-0.4, -0.2) is 71.5 Å². The van der Waals surface area contributed by atoms with Crippen LogP contribution in [-0.2, 0) is 11.8 Å². The zero-order valence-corrected chi connectivity index (χ0v) is 18.3. The first kappa shape index (κ1) is 21.1. The Morgan fingerprint density at radius 1 is 1.25 bits per heavy atom. The van der Waals surface area contributed by atoms with E-state index in [9.17, 15) is 4.79 Å². The van der Waals surface area contributed by atoms with Crippen LogP contribution >= 0.6 is 0 Å². The minimum Gasteiger partial charge on any atom is -0.377 e. The molecule has 1 atom stereocenters. The normalized spacial score (nSPS) is 22.9. The maximum absolute atomic E-state index is 13.2. The zero-order valence-electron chi connectivity index (χ0n) is 18.3. The Bertz CT molecular complexity index is 677. The molecule has 2 fully saturated rings. The van der Waals surface area contributed by atoms with Crippen molar-refractivity contribution in [3.63, 3.8) is 0 Å². The Kier molecular flexibility index (Phi) is 6.65. The number of ether oxygens (including phenoxy) is 1. The Balaban J connectivity index is 1.74. The van der Waals surface area contributed by atoms with Gasteiger partial charge in [-0.3, -0.25) is 4.68 Å². The van der Waals surface area contributed by atoms with E-state index in [4.69, 9.17) is 4.74 Å². The summed E-state index contributed by atoms with van der Waals surface area (Å²) in [7, 11) is 6.25. The average molecular weight is 392 g/mol. The van der Waals surface area contributed by atoms with Crippen molar-refractivity contribution in [3.8, 4) is 0 Å². The maximum Gasteiger partial charge on any atom is 0.318 e. The van der Waals surface area contributed by atoms with E-state index in [2.05, 4.69) is 36.3 Å². The quantitative estimate of drug-likeness (QED) is 0.802. The lowest BCUT2D eigenvalue weighted by Gasteiger charge is -2.41. The molecule has 0 radical (unpaired) electrons. The number of likely N-dealkylation sites (N-methyl/N-ethyl adjacent to an activating group) is 1. The summed E-state index contributed by atoms with van der Waals surface area (Å²) in [5.41, 5.74) is 3.25. The third-order valence-corrected chi connectivity index (χ3v) is 6.84. The largest absolute Gasteiger partial charge is 0.377 e. The van der Waals surface area contributed by atoms with E-state index in [0.29, 0.717) is 26.3 Å². The number of carbonyl (C=O) groups excluding carboxylic acids is 1. The summed E-state index contributed by atoms with van der Waals surface area (Å²) in [5.74, 6) is 0. The summed E-state index contributed by atoms with van der Waals surface area (Å²) in [5, 5.41) is 7.82. The third-order valence-electron chi connectivity index (χ3n) is 6.84. The van der Waals surface area contributed by atoms with Crippen LogP contribution in [0.2, 0.25) is 0 Å². The lowest BCUT2D eigenvalue weighted by molar-refractivity contribution is 0.01000. The van der Waals surface area contributed by atoms with Crippen LogP contribution in [0.4, 0.5) is 4.79 Å². The zero-order chi connectivity index (χ0) is 20.3. The Labute approximate surface area is 169 Å². The molecule has 28 heavy (non-hydrogen) atoms. The van der Waals surface area contributed by atoms with Gasteiger partial charge in [-0.25, -0.2) is 4.79 Å². The monoisotopic (exact) mass is 391 g/mol. The standard InChI is InChI=1S/C21H37N5O2/c1-16-19(17(2)25(5)23-16)18-14-28-13-12-26(18)20(27)22-15-21(24(3)4)10-8-6-7-9-11-21/h18H,6-15H2,1-5H3,(H,22,27). The number of carbonyl (C=O) groups is 1. The van der Waals surface area contributed by atoms with Gasteiger partial charge in [-0.05, 0) is 40.8 Å². The predicted octanol–water partition coefficient (Wildman–Crippen LogP) is 2.77. The summed E-state index contributed by atoms with van der Waals surface area (Å²) in [6.07, 6.45) is 7.37. The number of urea groups is 1. The highest BCUT2D eigenvalue weighted by Gasteiger charge is 2.36. The summed E-state index contributed by atoms with van der Waals surface area (Å²) in [4.78, 5) is 17.5. The Morgan fingerprint density at radius 3 is 2.50 bits per heavy atom. The van der Waals surface area contributed by atoms with Crippen LogP contribution in [0.1, 0.15) is 61.5 Å². The number of nitrogens with zero attached hydrogens (tertiary/aromatic N) is 4. The van der Waals surface area contributed by atoms with E-state index in [-0.39, 0.29) is 17.6 Å². The first-order chi connectivity index (χ1) is 13.4. The molecule has 2 aliphatic rings. The molecule has 0 spiro atoms. The van der Waals surface area contributed by atoms with Gasteiger partial charge in [0.25, 0.3) is 0 Å². The SMILES string of the molecule is Cc1nn(C)c(C)c1C1COCCN1C(=O)NCC1(N(C)C)CCCCCC1. The van der Waals surface area contributed by atoms with Gasteiger partial charge in [0.2, 0.25) is 0 Å². The molecule has 1 saturated heterocycles. The molecule has 1 aliphatic carbocycles. The van der Waals surface area contributed by atoms with E-state index in [1.807, 2.05) is 23.6 Å². The van der Waals surface area contributed by atoms with Gasteiger partial charge < -0.3 is 19.9 Å². The van der Waals surface area contributed by atoms with E-state index in [1.54, 1.807) is 0 Å². The fraction of sp³-hybridized carbons (Fsp3) is 0.810. The van der Waals surface area contributed by atoms with Crippen molar-refractivity contribution < 1.29 is 9.53 Å². The number of amides is 2. The van der Waals surface area contributed by atoms with Gasteiger partial charge in [-0.15, -0.1) is 0 Å². The molecule has 158 valence electrons. The van der Waals surface area contributed by atoms with Crippen LogP contribution < -0.4 is 5.32 Å². The van der Waals surface area contributed by atoms with Crippen LogP contribution in [0.5, 0.6) is 0 Å². The molecule has 2 heterocycles. The Hall–Kier alpha value is -1.60. The van der Waals surface area contributed by atoms with E-state index < -0.39 is 0 Å². The van der Waals surface area contributed by atoms with Crippen molar-refractivity contribution in [1.29, 1.82) is 0 Å². The van der Waals surface area contributed by atoms with Crippen LogP contribution in [0.15, 0.2) is 0 Å². The molecule has 0 bridgehead atoms. The molecule has 2 amide bonds. The highest BCUT2D eigenvalue weighted by atomic mass is 16.5. The average Bonchev–Trinajstić information content (AvgIpc) is 2.84. The minimum absolute atomic E-state index is 0.0152. The highest BCUT2D eigenvalue weighted by Crippen LogP contribution is 2.32. The van der Waals surface area contributed by atoms with E-state index in [1.165, 1.54) is 25.7 Å². The summed E-state index contributed by atoms with van der Waals surface area (Å²) < 4.78 is 7.63. The number of hydrogen-bond donors (Lipinski definition) is 1. The van der Waals surface area contributed by atoms with Crippen molar-refractivity contribution in [2.75, 3.05) is 40.4 Å². The van der Waals surface area contributed by atoms with Crippen molar-refractivity contribution in [3.05, 3.63) is 17.0 Å². The first-order valence-corrected chi connectivity index (χ1v) is 10.7. The molecular weight excluding hydrogens is 354 g/mol. The van der Waals surface area contributed by atoms with Crippen molar-refractivity contribution in [2.45, 2.75) is 64.0 Å². The first-order valence-electron chi connectivity index (χ1n) is 10.7. The van der Waals surface area contributed by atoms with Crippen molar-refractivity contribution in [1.82, 2.24) is 24.9 Å². The lowest BCUT2D eigenvalue weighted by Crippen LogP contribution is -2.56. The second kappa shape index (κ2) is 8.82. The van der Waals surface area contributed by atoms with E-state index >= 15 is 0 Å². The number of aromatic nitrogens is 2. The van der Waals surface area contributed by atoms with E-state index in [0.717, 1.165) is 29.8 Å². The molecule has 1 N–H and O–H groups in total. The van der Waals surface area contributed by atoms with Crippen LogP contribution in [0.25, 0.3) is 0 Å². The molecule has 7 nitrogen and oxygen atoms in total. The summed E-state index contributed by atoms with van der Waals surface area (Å²) in [6, 6.07) is -0.0617. The highest BCUT2D eigenvalue weighted by molar-refractivity contribution is 5.75. The smallest absolute Gasteiger partial charge is 0.318 e. The number of morpholine rings is 1. The molecule has 1 aromatic rings. The minimum atomic E-state index is -0.0770. The summed E-state index contributed by atoms with van der Waals surface area (Å²) in [6.45, 7) is 6.50. The molecule has 1 saturated carbocycles. The fourth-order valence-electron chi connectivity index (χ4n) is 4.87. The molecule has 3 rings (SSSR count). The van der Waals surface area contributed by atoms with Crippen molar-refractivity contribution in [2.24, 2.45) is 7.05 Å². The molecular formula is C21H37N5O2. The second-order valence-corrected chi connectivity index (χ2v) is 8.68. The van der Waals surface area contributed by atoms with Crippen LogP contribution in [0, 0.1) is 13.8 Å². The summed E-state index contributed by atoms with van der Waals surface area (Å²) >= 11 is 0. The van der Waals surface area contributed by atoms with Crippen molar-refractivity contribution >= 4 is 6.03 Å². The molecule has 1 unspecified atom stereocenters. The van der Waals surface area contributed by atoms with Gasteiger partial charge in [-0.2, -0.15) is 5.10 Å². The van der Waals surface area contributed by atoms with Gasteiger partial charge in [0.15, 0.2) is 0 Å². The van der Waals surface area contributed by atoms with Crippen LogP contribution in [0.3, 0.4) is 0 Å². The topological polar surface area (TPSA) is 62.6 Å². The Morgan fingerprint density at radius 2 is 1.93 bits per heavy atom. The molecule has 1 aromatic heterocycles. The van der Waals surface area contributed by atoms with Gasteiger partial charge in [0.1, 0.15) is 0 Å². The lowest BCUT2D eigenvalue weighted by atomic mass is 9.88. The van der Waals surface area contributed by atoms with Gasteiger partial charge in [0.05, 0.1) is 24.9 Å². The van der Waals surface area contributed by atoms with Gasteiger partial charge >= 0.3 is 6.03 Å². The number of aryl methyl sites for hydroxylation is 2. The van der Waals surface area contributed by atoms with Gasteiger partial charge in [0, 0.05) is 36.9 Å². The molecule has 0 aromatic carbocycles. The second-order valence-electron chi connectivity index (χ2n) is 8.68. The number of hydrogen-bond acceptors (Lipinski definition) is 4. The van der Waals surface area contributed by atoms with Gasteiger partial charge in [-0.1, -0.05) is 25.7 Å². The third kappa shape index (κ3) is 4.20. The predicted molar refractivity (Wildman–Crippen MR) is 110 cm³/mol. The number of rotatable bonds is 4. The maximum atomic E-state index is 13.2. The number of nitrogens with one attached hydrogen (secondary N) is 1. The fourth-order valence-corrected chi connectivity index (χ4v) is 4.87.